The number of methoxy groups -OCH3 is 3. The number of para-hydroxylation sites is 1. The summed E-state index contributed by atoms with van der Waals surface area (Å²) in [6.07, 6.45) is -0.260. The largest absolute Gasteiger partial charge is 0.507 e. The molecule has 0 aliphatic heterocycles. The van der Waals surface area contributed by atoms with Crippen LogP contribution in [0.25, 0.3) is 11.0 Å². The van der Waals surface area contributed by atoms with Crippen molar-refractivity contribution in [3.05, 3.63) is 57.9 Å². The van der Waals surface area contributed by atoms with Crippen molar-refractivity contribution >= 4 is 16.9 Å². The maximum absolute atomic E-state index is 12.7. The number of aromatic hydroxyl groups is 2. The van der Waals surface area contributed by atoms with Gasteiger partial charge in [-0.1, -0.05) is 12.1 Å². The van der Waals surface area contributed by atoms with Gasteiger partial charge in [-0.25, -0.2) is 4.79 Å². The average molecular weight is 400 g/mol. The zero-order valence-electron chi connectivity index (χ0n) is 16.1. The molecule has 1 aromatic heterocycles. The highest BCUT2D eigenvalue weighted by Crippen LogP contribution is 2.43. The molecule has 3 aromatic rings. The number of ether oxygens (including phenoxy) is 3. The number of fused-ring (bicyclic) bond motifs is 1. The van der Waals surface area contributed by atoms with Gasteiger partial charge in [0.1, 0.15) is 11.3 Å². The second kappa shape index (κ2) is 8.14. The van der Waals surface area contributed by atoms with Crippen molar-refractivity contribution < 1.29 is 33.6 Å². The SMILES string of the molecule is COC(=O)C[C@H](c1cc(OC)c(O)c(OC)c1)c1c(O)c2ccccc2oc1=O. The Kier molecular flexibility index (Phi) is 5.63. The predicted octanol–water partition coefficient (Wildman–Crippen LogP) is 2.92. The zero-order chi connectivity index (χ0) is 21.1. The van der Waals surface area contributed by atoms with Crippen molar-refractivity contribution in [2.24, 2.45) is 0 Å². The first-order valence-corrected chi connectivity index (χ1v) is 8.67. The molecule has 152 valence electrons. The highest BCUT2D eigenvalue weighted by Gasteiger charge is 2.29. The van der Waals surface area contributed by atoms with Crippen molar-refractivity contribution in [2.75, 3.05) is 21.3 Å². The summed E-state index contributed by atoms with van der Waals surface area (Å²) < 4.78 is 20.4. The van der Waals surface area contributed by atoms with Gasteiger partial charge in [-0.2, -0.15) is 0 Å². The number of phenols is 1. The molecule has 0 aliphatic carbocycles. The maximum atomic E-state index is 12.7. The predicted molar refractivity (Wildman–Crippen MR) is 104 cm³/mol. The van der Waals surface area contributed by atoms with Crippen molar-refractivity contribution in [1.82, 2.24) is 0 Å². The van der Waals surface area contributed by atoms with Crippen LogP contribution >= 0.6 is 0 Å². The van der Waals surface area contributed by atoms with Crippen LogP contribution in [0.2, 0.25) is 0 Å². The molecule has 0 saturated heterocycles. The maximum Gasteiger partial charge on any atom is 0.343 e. The number of esters is 1. The summed E-state index contributed by atoms with van der Waals surface area (Å²) in [6.45, 7) is 0. The highest BCUT2D eigenvalue weighted by molar-refractivity contribution is 5.85. The van der Waals surface area contributed by atoms with Gasteiger partial charge in [-0.15, -0.1) is 0 Å². The molecule has 1 heterocycles. The van der Waals surface area contributed by atoms with Gasteiger partial charge in [-0.05, 0) is 29.8 Å². The molecule has 0 radical (unpaired) electrons. The lowest BCUT2D eigenvalue weighted by molar-refractivity contribution is -0.140. The van der Waals surface area contributed by atoms with Crippen LogP contribution in [0.15, 0.2) is 45.6 Å². The summed E-state index contributed by atoms with van der Waals surface area (Å²) in [6, 6.07) is 9.44. The zero-order valence-corrected chi connectivity index (χ0v) is 16.1. The molecule has 1 atom stereocenters. The van der Waals surface area contributed by atoms with Crippen molar-refractivity contribution in [3.8, 4) is 23.0 Å². The Labute approximate surface area is 165 Å². The van der Waals surface area contributed by atoms with Crippen LogP contribution < -0.4 is 15.1 Å². The third kappa shape index (κ3) is 3.69. The molecule has 8 heteroatoms. The van der Waals surface area contributed by atoms with Crippen LogP contribution in [0.5, 0.6) is 23.0 Å². The minimum absolute atomic E-state index is 0.0823. The van der Waals surface area contributed by atoms with Gasteiger partial charge in [0, 0.05) is 5.92 Å². The molecule has 0 aliphatic rings. The number of rotatable bonds is 6. The molecule has 2 N–H and O–H groups in total. The van der Waals surface area contributed by atoms with E-state index in [2.05, 4.69) is 0 Å². The van der Waals surface area contributed by atoms with E-state index in [9.17, 15) is 19.8 Å². The van der Waals surface area contributed by atoms with E-state index >= 15 is 0 Å². The number of phenolic OH excluding ortho intramolecular Hbond substituents is 1. The van der Waals surface area contributed by atoms with E-state index in [1.54, 1.807) is 24.3 Å². The van der Waals surface area contributed by atoms with Gasteiger partial charge in [-0.3, -0.25) is 4.79 Å². The fourth-order valence-corrected chi connectivity index (χ4v) is 3.21. The first-order valence-electron chi connectivity index (χ1n) is 8.67. The molecule has 29 heavy (non-hydrogen) atoms. The number of benzene rings is 2. The molecule has 0 fully saturated rings. The monoisotopic (exact) mass is 400 g/mol. The lowest BCUT2D eigenvalue weighted by Crippen LogP contribution is -2.18. The Bertz CT molecular complexity index is 1090. The average Bonchev–Trinajstić information content (AvgIpc) is 2.73. The van der Waals surface area contributed by atoms with Gasteiger partial charge in [0.15, 0.2) is 11.5 Å². The molecular formula is C21H20O8. The first kappa shape index (κ1) is 20.1. The molecule has 0 unspecified atom stereocenters. The molecular weight excluding hydrogens is 380 g/mol. The van der Waals surface area contributed by atoms with Crippen LogP contribution in [0, 0.1) is 0 Å². The number of hydrogen-bond donors (Lipinski definition) is 2. The Morgan fingerprint density at radius 3 is 2.24 bits per heavy atom. The van der Waals surface area contributed by atoms with Gasteiger partial charge in [0.2, 0.25) is 5.75 Å². The molecule has 0 saturated carbocycles. The number of carbonyl (C=O) groups excluding carboxylic acids is 1. The van der Waals surface area contributed by atoms with E-state index in [1.165, 1.54) is 33.5 Å². The molecule has 0 bridgehead atoms. The normalized spacial score (nSPS) is 11.8. The lowest BCUT2D eigenvalue weighted by Gasteiger charge is -2.20. The van der Waals surface area contributed by atoms with E-state index in [1.807, 2.05) is 0 Å². The van der Waals surface area contributed by atoms with E-state index in [-0.39, 0.29) is 40.6 Å². The van der Waals surface area contributed by atoms with E-state index in [0.717, 1.165) is 0 Å². The topological polar surface area (TPSA) is 115 Å². The minimum atomic E-state index is -0.938. The standard InChI is InChI=1S/C21H20O8/c1-26-15-8-11(9-16(27-2)20(15)24)13(10-17(22)28-3)18-19(23)12-6-4-5-7-14(12)29-21(18)25/h4-9,13,23-24H,10H2,1-3H3/t13-/m1/s1. The van der Waals surface area contributed by atoms with Gasteiger partial charge >= 0.3 is 11.6 Å². The van der Waals surface area contributed by atoms with E-state index < -0.39 is 17.5 Å². The minimum Gasteiger partial charge on any atom is -0.507 e. The fourth-order valence-electron chi connectivity index (χ4n) is 3.21. The van der Waals surface area contributed by atoms with E-state index in [0.29, 0.717) is 10.9 Å². The van der Waals surface area contributed by atoms with Gasteiger partial charge < -0.3 is 28.8 Å². The third-order valence-electron chi connectivity index (χ3n) is 4.67. The highest BCUT2D eigenvalue weighted by atomic mass is 16.5. The third-order valence-corrected chi connectivity index (χ3v) is 4.67. The van der Waals surface area contributed by atoms with Crippen LogP contribution in [0.4, 0.5) is 0 Å². The molecule has 0 amide bonds. The summed E-state index contributed by atoms with van der Waals surface area (Å²) in [5, 5.41) is 21.3. The summed E-state index contributed by atoms with van der Waals surface area (Å²) >= 11 is 0. The van der Waals surface area contributed by atoms with Crippen LogP contribution in [0.3, 0.4) is 0 Å². The quantitative estimate of drug-likeness (QED) is 0.479. The lowest BCUT2D eigenvalue weighted by atomic mass is 9.87. The molecule has 8 nitrogen and oxygen atoms in total. The van der Waals surface area contributed by atoms with Gasteiger partial charge in [0.25, 0.3) is 0 Å². The Morgan fingerprint density at radius 2 is 1.66 bits per heavy atom. The number of carbonyl (C=O) groups is 1. The van der Waals surface area contributed by atoms with Crippen molar-refractivity contribution in [2.45, 2.75) is 12.3 Å². The molecule has 0 spiro atoms. The Hall–Kier alpha value is -3.68. The molecule has 3 rings (SSSR count). The summed E-state index contributed by atoms with van der Waals surface area (Å²) in [4.78, 5) is 24.8. The summed E-state index contributed by atoms with van der Waals surface area (Å²) in [5.74, 6) is -1.90. The van der Waals surface area contributed by atoms with Crippen molar-refractivity contribution in [1.29, 1.82) is 0 Å². The van der Waals surface area contributed by atoms with Crippen LogP contribution in [0.1, 0.15) is 23.5 Å². The number of hydrogen-bond acceptors (Lipinski definition) is 8. The van der Waals surface area contributed by atoms with E-state index in [4.69, 9.17) is 18.6 Å². The summed E-state index contributed by atoms with van der Waals surface area (Å²) in [7, 11) is 3.94. The van der Waals surface area contributed by atoms with Crippen molar-refractivity contribution in [3.63, 3.8) is 0 Å². The second-order valence-electron chi connectivity index (χ2n) is 6.25. The van der Waals surface area contributed by atoms with Crippen LogP contribution in [-0.2, 0) is 9.53 Å². The second-order valence-corrected chi connectivity index (χ2v) is 6.25. The Morgan fingerprint density at radius 1 is 1.03 bits per heavy atom. The van der Waals surface area contributed by atoms with Gasteiger partial charge in [0.05, 0.1) is 38.7 Å². The van der Waals surface area contributed by atoms with Crippen LogP contribution in [-0.4, -0.2) is 37.5 Å². The summed E-state index contributed by atoms with van der Waals surface area (Å²) in [5.41, 5.74) is -0.291. The smallest absolute Gasteiger partial charge is 0.343 e. The first-order chi connectivity index (χ1) is 13.9. The fraction of sp³-hybridized carbons (Fsp3) is 0.238. The molecule has 2 aromatic carbocycles. The Balaban J connectivity index is 2.29.